The number of rotatable bonds is 5. The van der Waals surface area contributed by atoms with Crippen molar-refractivity contribution in [3.63, 3.8) is 0 Å². The van der Waals surface area contributed by atoms with Crippen molar-refractivity contribution in [3.05, 3.63) is 18.2 Å². The summed E-state index contributed by atoms with van der Waals surface area (Å²) >= 11 is 0. The summed E-state index contributed by atoms with van der Waals surface area (Å²) < 4.78 is 2.26. The fourth-order valence-corrected chi connectivity index (χ4v) is 2.99. The van der Waals surface area contributed by atoms with Gasteiger partial charge in [0.25, 0.3) is 0 Å². The van der Waals surface area contributed by atoms with Crippen molar-refractivity contribution in [2.75, 3.05) is 19.6 Å². The minimum Gasteiger partial charge on any atom is -0.340 e. The zero-order valence-corrected chi connectivity index (χ0v) is 12.2. The molecule has 1 aliphatic carbocycles. The molecule has 3 rings (SSSR count). The number of imidazole rings is 1. The largest absolute Gasteiger partial charge is 0.340 e. The van der Waals surface area contributed by atoms with Gasteiger partial charge in [-0.3, -0.25) is 4.79 Å². The average Bonchev–Trinajstić information content (AvgIpc) is 3.19. The predicted molar refractivity (Wildman–Crippen MR) is 77.5 cm³/mol. The lowest BCUT2D eigenvalue weighted by Crippen LogP contribution is -2.45. The highest BCUT2D eigenvalue weighted by Crippen LogP contribution is 2.23. The molecule has 1 aromatic rings. The topological polar surface area (TPSA) is 50.2 Å². The lowest BCUT2D eigenvalue weighted by molar-refractivity contribution is -0.131. The highest BCUT2D eigenvalue weighted by Gasteiger charge is 2.27. The summed E-state index contributed by atoms with van der Waals surface area (Å²) in [7, 11) is 0. The summed E-state index contributed by atoms with van der Waals surface area (Å²) in [5, 5.41) is 3.32. The number of aryl methyl sites for hydroxylation is 1. The van der Waals surface area contributed by atoms with Crippen LogP contribution < -0.4 is 5.32 Å². The van der Waals surface area contributed by atoms with Gasteiger partial charge in [-0.15, -0.1) is 0 Å². The Labute approximate surface area is 120 Å². The maximum absolute atomic E-state index is 12.2. The summed E-state index contributed by atoms with van der Waals surface area (Å²) in [6.45, 7) is 4.36. The lowest BCUT2D eigenvalue weighted by atomic mass is 10.1. The van der Waals surface area contributed by atoms with Gasteiger partial charge in [-0.05, 0) is 25.7 Å². The van der Waals surface area contributed by atoms with E-state index in [1.165, 1.54) is 12.8 Å². The molecule has 20 heavy (non-hydrogen) atoms. The normalized spacial score (nSPS) is 23.1. The molecule has 1 amide bonds. The molecular weight excluding hydrogens is 252 g/mol. The van der Waals surface area contributed by atoms with Crippen LogP contribution in [-0.2, 0) is 11.2 Å². The molecule has 5 nitrogen and oxygen atoms in total. The quantitative estimate of drug-likeness (QED) is 0.883. The molecule has 1 atom stereocenters. The molecule has 2 fully saturated rings. The first-order chi connectivity index (χ1) is 9.78. The van der Waals surface area contributed by atoms with Crippen LogP contribution in [0.25, 0.3) is 0 Å². The van der Waals surface area contributed by atoms with Gasteiger partial charge in [0.15, 0.2) is 0 Å². The molecule has 0 bridgehead atoms. The Morgan fingerprint density at radius 1 is 1.45 bits per heavy atom. The molecule has 0 aromatic carbocycles. The Morgan fingerprint density at radius 2 is 2.30 bits per heavy atom. The van der Waals surface area contributed by atoms with Gasteiger partial charge < -0.3 is 14.8 Å². The molecule has 5 heteroatoms. The van der Waals surface area contributed by atoms with Gasteiger partial charge >= 0.3 is 0 Å². The molecule has 1 aromatic heterocycles. The number of carbonyl (C=O) groups is 1. The molecular formula is C15H24N4O. The van der Waals surface area contributed by atoms with E-state index in [-0.39, 0.29) is 5.91 Å². The van der Waals surface area contributed by atoms with E-state index in [4.69, 9.17) is 0 Å². The van der Waals surface area contributed by atoms with E-state index in [2.05, 4.69) is 28.0 Å². The first-order valence-corrected chi connectivity index (χ1v) is 7.80. The number of nitrogens with zero attached hydrogens (tertiary/aromatic N) is 3. The predicted octanol–water partition coefficient (Wildman–Crippen LogP) is 1.36. The van der Waals surface area contributed by atoms with Crippen LogP contribution in [0.3, 0.4) is 0 Å². The third-order valence-corrected chi connectivity index (χ3v) is 4.33. The zero-order valence-electron chi connectivity index (χ0n) is 12.2. The molecule has 1 unspecified atom stereocenters. The second kappa shape index (κ2) is 5.95. The average molecular weight is 276 g/mol. The van der Waals surface area contributed by atoms with E-state index in [1.54, 1.807) is 0 Å². The highest BCUT2D eigenvalue weighted by atomic mass is 16.2. The van der Waals surface area contributed by atoms with Crippen molar-refractivity contribution in [2.24, 2.45) is 0 Å². The number of hydrogen-bond donors (Lipinski definition) is 1. The summed E-state index contributed by atoms with van der Waals surface area (Å²) in [5.74, 6) is 1.38. The van der Waals surface area contributed by atoms with Crippen molar-refractivity contribution in [1.29, 1.82) is 0 Å². The molecule has 2 heterocycles. The Bertz CT molecular complexity index is 466. The Hall–Kier alpha value is -1.36. The van der Waals surface area contributed by atoms with Gasteiger partial charge in [0.05, 0.1) is 12.6 Å². The van der Waals surface area contributed by atoms with Crippen LogP contribution in [-0.4, -0.2) is 46.0 Å². The molecule has 1 saturated heterocycles. The standard InChI is InChI=1S/C15H24N4O/c1-2-14-16-7-9-19(14)13-4-3-8-18(11-13)15(20)10-17-12-5-6-12/h7,9,12-13,17H,2-6,8,10-11H2,1H3. The zero-order chi connectivity index (χ0) is 13.9. The number of aromatic nitrogens is 2. The van der Waals surface area contributed by atoms with Crippen LogP contribution >= 0.6 is 0 Å². The van der Waals surface area contributed by atoms with Crippen LogP contribution in [0.2, 0.25) is 0 Å². The van der Waals surface area contributed by atoms with Crippen molar-refractivity contribution in [1.82, 2.24) is 19.8 Å². The van der Waals surface area contributed by atoms with Gasteiger partial charge in [-0.2, -0.15) is 0 Å². The molecule has 1 N–H and O–H groups in total. The van der Waals surface area contributed by atoms with Crippen LogP contribution in [0.4, 0.5) is 0 Å². The molecule has 2 aliphatic rings. The van der Waals surface area contributed by atoms with E-state index < -0.39 is 0 Å². The Morgan fingerprint density at radius 3 is 3.05 bits per heavy atom. The first kappa shape index (κ1) is 13.6. The van der Waals surface area contributed by atoms with Gasteiger partial charge in [-0.25, -0.2) is 4.98 Å². The Kier molecular flexibility index (Phi) is 4.05. The van der Waals surface area contributed by atoms with Crippen molar-refractivity contribution >= 4 is 5.91 Å². The second-order valence-electron chi connectivity index (χ2n) is 5.90. The number of nitrogens with one attached hydrogen (secondary N) is 1. The van der Waals surface area contributed by atoms with Gasteiger partial charge in [-0.1, -0.05) is 6.92 Å². The van der Waals surface area contributed by atoms with E-state index >= 15 is 0 Å². The van der Waals surface area contributed by atoms with Crippen molar-refractivity contribution < 1.29 is 4.79 Å². The number of amides is 1. The van der Waals surface area contributed by atoms with Gasteiger partial charge in [0.2, 0.25) is 5.91 Å². The van der Waals surface area contributed by atoms with Gasteiger partial charge in [0, 0.05) is 37.9 Å². The minimum atomic E-state index is 0.250. The first-order valence-electron chi connectivity index (χ1n) is 7.80. The van der Waals surface area contributed by atoms with E-state index in [0.717, 1.165) is 38.2 Å². The fourth-order valence-electron chi connectivity index (χ4n) is 2.99. The molecule has 1 saturated carbocycles. The molecule has 0 radical (unpaired) electrons. The fraction of sp³-hybridized carbons (Fsp3) is 0.733. The molecule has 110 valence electrons. The summed E-state index contributed by atoms with van der Waals surface area (Å²) in [6, 6.07) is 0.992. The second-order valence-corrected chi connectivity index (χ2v) is 5.90. The van der Waals surface area contributed by atoms with E-state index in [9.17, 15) is 4.79 Å². The maximum atomic E-state index is 12.2. The van der Waals surface area contributed by atoms with Crippen LogP contribution in [0.15, 0.2) is 12.4 Å². The number of hydrogen-bond acceptors (Lipinski definition) is 3. The summed E-state index contributed by atoms with van der Waals surface area (Å²) in [5.41, 5.74) is 0. The Balaban J connectivity index is 1.59. The summed E-state index contributed by atoms with van der Waals surface area (Å²) in [4.78, 5) is 18.7. The third kappa shape index (κ3) is 3.03. The van der Waals surface area contributed by atoms with E-state index in [1.807, 2.05) is 11.1 Å². The minimum absolute atomic E-state index is 0.250. The monoisotopic (exact) mass is 276 g/mol. The molecule has 0 spiro atoms. The number of piperidine rings is 1. The third-order valence-electron chi connectivity index (χ3n) is 4.33. The SMILES string of the molecule is CCc1nccn1C1CCCN(C(=O)CNC2CC2)C1. The number of carbonyl (C=O) groups excluding carboxylic acids is 1. The van der Waals surface area contributed by atoms with Crippen LogP contribution in [0.5, 0.6) is 0 Å². The van der Waals surface area contributed by atoms with Crippen LogP contribution in [0, 0.1) is 0 Å². The smallest absolute Gasteiger partial charge is 0.236 e. The van der Waals surface area contributed by atoms with Crippen molar-refractivity contribution in [3.8, 4) is 0 Å². The van der Waals surface area contributed by atoms with Crippen molar-refractivity contribution in [2.45, 2.75) is 51.1 Å². The molecule has 1 aliphatic heterocycles. The summed E-state index contributed by atoms with van der Waals surface area (Å²) in [6.07, 6.45) is 9.55. The highest BCUT2D eigenvalue weighted by molar-refractivity contribution is 5.78. The van der Waals surface area contributed by atoms with E-state index in [0.29, 0.717) is 18.6 Å². The number of likely N-dealkylation sites (tertiary alicyclic amines) is 1. The van der Waals surface area contributed by atoms with Crippen LogP contribution in [0.1, 0.15) is 44.5 Å². The lowest BCUT2D eigenvalue weighted by Gasteiger charge is -2.34. The van der Waals surface area contributed by atoms with Gasteiger partial charge in [0.1, 0.15) is 5.82 Å². The maximum Gasteiger partial charge on any atom is 0.236 e.